The number of hydrogen-bond donors (Lipinski definition) is 2. The molecular formula is C23H23ClN2O5S. The molecule has 2 N–H and O–H groups in total. The zero-order valence-electron chi connectivity index (χ0n) is 17.6. The molecule has 3 aromatic carbocycles. The lowest BCUT2D eigenvalue weighted by Gasteiger charge is -2.15. The molecule has 32 heavy (non-hydrogen) atoms. The summed E-state index contributed by atoms with van der Waals surface area (Å²) in [6, 6.07) is 17.4. The molecule has 0 aromatic heterocycles. The summed E-state index contributed by atoms with van der Waals surface area (Å²) in [5, 5.41) is 3.22. The first kappa shape index (κ1) is 23.4. The van der Waals surface area contributed by atoms with Crippen molar-refractivity contribution in [3.63, 3.8) is 0 Å². The Kier molecular flexibility index (Phi) is 7.61. The maximum atomic E-state index is 13.0. The van der Waals surface area contributed by atoms with Crippen LogP contribution in [0.1, 0.15) is 24.2 Å². The van der Waals surface area contributed by atoms with E-state index in [4.69, 9.17) is 21.1 Å². The zero-order valence-corrected chi connectivity index (χ0v) is 19.2. The van der Waals surface area contributed by atoms with E-state index in [-0.39, 0.29) is 10.6 Å². The third kappa shape index (κ3) is 5.72. The molecule has 9 heteroatoms. The van der Waals surface area contributed by atoms with E-state index in [0.29, 0.717) is 41.0 Å². The molecule has 0 heterocycles. The van der Waals surface area contributed by atoms with Gasteiger partial charge in [-0.05, 0) is 68.4 Å². The Morgan fingerprint density at radius 3 is 2.16 bits per heavy atom. The van der Waals surface area contributed by atoms with Gasteiger partial charge in [-0.15, -0.1) is 0 Å². The van der Waals surface area contributed by atoms with Crippen molar-refractivity contribution in [1.82, 2.24) is 0 Å². The maximum Gasteiger partial charge on any atom is 0.262 e. The lowest BCUT2D eigenvalue weighted by atomic mass is 10.2. The Balaban J connectivity index is 1.92. The number of para-hydroxylation sites is 2. The highest BCUT2D eigenvalue weighted by Gasteiger charge is 2.20. The van der Waals surface area contributed by atoms with Gasteiger partial charge in [0.25, 0.3) is 15.9 Å². The van der Waals surface area contributed by atoms with E-state index in [1.165, 1.54) is 18.2 Å². The Bertz CT molecular complexity index is 1200. The molecule has 3 aromatic rings. The third-order valence-electron chi connectivity index (χ3n) is 4.35. The van der Waals surface area contributed by atoms with Crippen molar-refractivity contribution in [3.05, 3.63) is 77.3 Å². The number of anilines is 2. The number of carbonyl (C=O) groups is 1. The van der Waals surface area contributed by atoms with Crippen LogP contribution in [0.5, 0.6) is 11.5 Å². The highest BCUT2D eigenvalue weighted by atomic mass is 35.5. The lowest BCUT2D eigenvalue weighted by Crippen LogP contribution is -2.16. The first-order chi connectivity index (χ1) is 15.3. The van der Waals surface area contributed by atoms with Gasteiger partial charge in [0.2, 0.25) is 0 Å². The number of benzene rings is 3. The van der Waals surface area contributed by atoms with Gasteiger partial charge in [0.15, 0.2) is 0 Å². The highest BCUT2D eigenvalue weighted by molar-refractivity contribution is 7.92. The van der Waals surface area contributed by atoms with Gasteiger partial charge in [-0.3, -0.25) is 9.52 Å². The van der Waals surface area contributed by atoms with Gasteiger partial charge in [0.05, 0.1) is 29.5 Å². The van der Waals surface area contributed by atoms with Gasteiger partial charge in [0.1, 0.15) is 11.5 Å². The number of carbonyl (C=O) groups excluding carboxylic acids is 1. The number of sulfonamides is 1. The second-order valence-corrected chi connectivity index (χ2v) is 8.71. The second kappa shape index (κ2) is 10.4. The van der Waals surface area contributed by atoms with Gasteiger partial charge >= 0.3 is 0 Å². The summed E-state index contributed by atoms with van der Waals surface area (Å²) in [7, 11) is -3.97. The normalized spacial score (nSPS) is 11.0. The van der Waals surface area contributed by atoms with E-state index < -0.39 is 15.9 Å². The van der Waals surface area contributed by atoms with E-state index in [1.54, 1.807) is 55.5 Å². The topological polar surface area (TPSA) is 93.7 Å². The van der Waals surface area contributed by atoms with Crippen LogP contribution in [0.25, 0.3) is 0 Å². The molecule has 0 atom stereocenters. The molecule has 7 nitrogen and oxygen atoms in total. The van der Waals surface area contributed by atoms with Crippen LogP contribution in [0.15, 0.2) is 71.6 Å². The standard InChI is InChI=1S/C23H23ClN2O5S/c1-3-30-21-8-6-5-7-19(21)26-32(28,29)18-13-14-22(31-4-2)20(15-18)25-23(27)16-9-11-17(24)12-10-16/h5-15,26H,3-4H2,1-2H3,(H,25,27). The van der Waals surface area contributed by atoms with Gasteiger partial charge < -0.3 is 14.8 Å². The summed E-state index contributed by atoms with van der Waals surface area (Å²) >= 11 is 5.88. The van der Waals surface area contributed by atoms with E-state index in [0.717, 1.165) is 0 Å². The molecule has 0 bridgehead atoms. The summed E-state index contributed by atoms with van der Waals surface area (Å²) in [6.45, 7) is 4.34. The molecule has 0 spiro atoms. The van der Waals surface area contributed by atoms with Crippen LogP contribution in [0.4, 0.5) is 11.4 Å². The molecule has 0 aliphatic heterocycles. The minimum atomic E-state index is -3.97. The van der Waals surface area contributed by atoms with Crippen LogP contribution in [0.3, 0.4) is 0 Å². The summed E-state index contributed by atoms with van der Waals surface area (Å²) in [5.74, 6) is 0.344. The Hall–Kier alpha value is -3.23. The second-order valence-electron chi connectivity index (χ2n) is 6.59. The first-order valence-corrected chi connectivity index (χ1v) is 11.8. The summed E-state index contributed by atoms with van der Waals surface area (Å²) < 4.78 is 39.7. The van der Waals surface area contributed by atoms with E-state index in [1.807, 2.05) is 6.92 Å². The fourth-order valence-electron chi connectivity index (χ4n) is 2.89. The van der Waals surface area contributed by atoms with E-state index in [2.05, 4.69) is 10.0 Å². The summed E-state index contributed by atoms with van der Waals surface area (Å²) in [6.07, 6.45) is 0. The van der Waals surface area contributed by atoms with Crippen LogP contribution in [-0.2, 0) is 10.0 Å². The Morgan fingerprint density at radius 2 is 1.50 bits per heavy atom. The van der Waals surface area contributed by atoms with Crippen LogP contribution in [0, 0.1) is 0 Å². The molecule has 0 saturated carbocycles. The molecule has 0 radical (unpaired) electrons. The van der Waals surface area contributed by atoms with E-state index in [9.17, 15) is 13.2 Å². The number of rotatable bonds is 9. The molecule has 0 unspecified atom stereocenters. The average Bonchev–Trinajstić information content (AvgIpc) is 2.77. The van der Waals surface area contributed by atoms with Crippen molar-refractivity contribution in [3.8, 4) is 11.5 Å². The maximum absolute atomic E-state index is 13.0. The largest absolute Gasteiger partial charge is 0.492 e. The minimum absolute atomic E-state index is 0.0429. The van der Waals surface area contributed by atoms with Crippen molar-refractivity contribution in [2.24, 2.45) is 0 Å². The molecule has 0 aliphatic rings. The van der Waals surface area contributed by atoms with Crippen molar-refractivity contribution in [1.29, 1.82) is 0 Å². The molecule has 1 amide bonds. The number of amides is 1. The van der Waals surface area contributed by atoms with Crippen LogP contribution in [-0.4, -0.2) is 27.5 Å². The SMILES string of the molecule is CCOc1ccc(S(=O)(=O)Nc2ccccc2OCC)cc1NC(=O)c1ccc(Cl)cc1. The van der Waals surface area contributed by atoms with Crippen LogP contribution < -0.4 is 19.5 Å². The van der Waals surface area contributed by atoms with Gasteiger partial charge in [0, 0.05) is 10.6 Å². The predicted molar refractivity (Wildman–Crippen MR) is 125 cm³/mol. The van der Waals surface area contributed by atoms with Crippen LogP contribution in [0.2, 0.25) is 5.02 Å². The molecule has 3 rings (SSSR count). The fourth-order valence-corrected chi connectivity index (χ4v) is 4.11. The zero-order chi connectivity index (χ0) is 23.1. The number of halogens is 1. The molecular weight excluding hydrogens is 452 g/mol. The smallest absolute Gasteiger partial charge is 0.262 e. The number of hydrogen-bond acceptors (Lipinski definition) is 5. The molecule has 168 valence electrons. The van der Waals surface area contributed by atoms with Gasteiger partial charge in [-0.25, -0.2) is 8.42 Å². The average molecular weight is 475 g/mol. The minimum Gasteiger partial charge on any atom is -0.492 e. The van der Waals surface area contributed by atoms with E-state index >= 15 is 0 Å². The highest BCUT2D eigenvalue weighted by Crippen LogP contribution is 2.31. The first-order valence-electron chi connectivity index (χ1n) is 9.92. The number of nitrogens with one attached hydrogen (secondary N) is 2. The van der Waals surface area contributed by atoms with Crippen molar-refractivity contribution in [2.45, 2.75) is 18.7 Å². The number of ether oxygens (including phenoxy) is 2. The summed E-state index contributed by atoms with van der Waals surface area (Å²) in [4.78, 5) is 12.6. The predicted octanol–water partition coefficient (Wildman–Crippen LogP) is 5.19. The Morgan fingerprint density at radius 1 is 0.875 bits per heavy atom. The quantitative estimate of drug-likeness (QED) is 0.445. The third-order valence-corrected chi connectivity index (χ3v) is 5.96. The monoisotopic (exact) mass is 474 g/mol. The molecule has 0 fully saturated rings. The van der Waals surface area contributed by atoms with Crippen LogP contribution >= 0.6 is 11.6 Å². The lowest BCUT2D eigenvalue weighted by molar-refractivity contribution is 0.102. The Labute approximate surface area is 192 Å². The van der Waals surface area contributed by atoms with Gasteiger partial charge in [-0.1, -0.05) is 23.7 Å². The molecule has 0 saturated heterocycles. The van der Waals surface area contributed by atoms with Gasteiger partial charge in [-0.2, -0.15) is 0 Å². The van der Waals surface area contributed by atoms with Crippen molar-refractivity contribution in [2.75, 3.05) is 23.3 Å². The fraction of sp³-hybridized carbons (Fsp3) is 0.174. The molecule has 0 aliphatic carbocycles. The summed E-state index contributed by atoms with van der Waals surface area (Å²) in [5.41, 5.74) is 0.914. The van der Waals surface area contributed by atoms with Crippen molar-refractivity contribution >= 4 is 38.9 Å². The van der Waals surface area contributed by atoms with Crippen molar-refractivity contribution < 1.29 is 22.7 Å².